The number of amides is 1. The number of hydrogen-bond acceptors (Lipinski definition) is 2. The van der Waals surface area contributed by atoms with Crippen LogP contribution in [0, 0.1) is 11.7 Å². The highest BCUT2D eigenvalue weighted by atomic mass is 35.5. The van der Waals surface area contributed by atoms with Gasteiger partial charge in [-0.05, 0) is 48.6 Å². The van der Waals surface area contributed by atoms with Crippen LogP contribution in [-0.2, 0) is 4.79 Å². The van der Waals surface area contributed by atoms with Crippen molar-refractivity contribution >= 4 is 17.5 Å². The van der Waals surface area contributed by atoms with Crippen molar-refractivity contribution in [3.05, 3.63) is 64.9 Å². The summed E-state index contributed by atoms with van der Waals surface area (Å²) in [6, 6.07) is 13.5. The molecule has 3 rings (SSSR count). The molecular formula is C18H17ClFNO2. The Morgan fingerprint density at radius 3 is 2.57 bits per heavy atom. The normalized spacial score (nSPS) is 15.0. The summed E-state index contributed by atoms with van der Waals surface area (Å²) >= 11 is 5.91. The molecule has 1 saturated carbocycles. The summed E-state index contributed by atoms with van der Waals surface area (Å²) in [7, 11) is 0. The molecule has 120 valence electrons. The van der Waals surface area contributed by atoms with Gasteiger partial charge in [-0.25, -0.2) is 4.39 Å². The van der Waals surface area contributed by atoms with Crippen LogP contribution in [0.5, 0.6) is 5.75 Å². The maximum atomic E-state index is 13.5. The quantitative estimate of drug-likeness (QED) is 0.863. The van der Waals surface area contributed by atoms with Gasteiger partial charge in [0, 0.05) is 5.02 Å². The second-order valence-electron chi connectivity index (χ2n) is 5.65. The number of rotatable bonds is 6. The van der Waals surface area contributed by atoms with Crippen molar-refractivity contribution in [3.8, 4) is 5.75 Å². The van der Waals surface area contributed by atoms with Crippen molar-refractivity contribution in [2.75, 3.05) is 6.61 Å². The van der Waals surface area contributed by atoms with Crippen LogP contribution in [0.1, 0.15) is 24.4 Å². The average Bonchev–Trinajstić information content (AvgIpc) is 3.38. The first-order chi connectivity index (χ1) is 11.1. The molecule has 0 aliphatic heterocycles. The Labute approximate surface area is 139 Å². The molecule has 1 amide bonds. The van der Waals surface area contributed by atoms with Crippen LogP contribution in [0.4, 0.5) is 4.39 Å². The van der Waals surface area contributed by atoms with Crippen molar-refractivity contribution in [2.45, 2.75) is 18.9 Å². The van der Waals surface area contributed by atoms with Crippen molar-refractivity contribution in [3.63, 3.8) is 0 Å². The summed E-state index contributed by atoms with van der Waals surface area (Å²) < 4.78 is 18.7. The van der Waals surface area contributed by atoms with Crippen LogP contribution in [-0.4, -0.2) is 12.5 Å². The predicted octanol–water partition coefficient (Wildman–Crippen LogP) is 4.13. The molecule has 0 radical (unpaired) electrons. The highest BCUT2D eigenvalue weighted by Gasteiger charge is 2.33. The molecule has 1 fully saturated rings. The number of nitrogens with one attached hydrogen (secondary N) is 1. The Bertz CT molecular complexity index is 686. The minimum absolute atomic E-state index is 0.0519. The Balaban J connectivity index is 1.61. The molecule has 1 aliphatic rings. The maximum Gasteiger partial charge on any atom is 0.258 e. The first-order valence-electron chi connectivity index (χ1n) is 7.55. The summed E-state index contributed by atoms with van der Waals surface area (Å²) in [5, 5.41) is 3.64. The SMILES string of the molecule is O=C(COc1ccccc1F)N[C@@H](c1ccc(Cl)cc1)C1CC1. The molecule has 1 N–H and O–H groups in total. The predicted molar refractivity (Wildman–Crippen MR) is 87.0 cm³/mol. The fraction of sp³-hybridized carbons (Fsp3) is 0.278. The maximum absolute atomic E-state index is 13.5. The third-order valence-electron chi connectivity index (χ3n) is 3.83. The largest absolute Gasteiger partial charge is 0.481 e. The van der Waals surface area contributed by atoms with Crippen LogP contribution in [0.3, 0.4) is 0 Å². The lowest BCUT2D eigenvalue weighted by molar-refractivity contribution is -0.124. The standard InChI is InChI=1S/C18H17ClFNO2/c19-14-9-7-13(8-10-14)18(12-5-6-12)21-17(22)11-23-16-4-2-1-3-15(16)20/h1-4,7-10,12,18H,5-6,11H2,(H,21,22)/t18-/m1/s1. The van der Waals surface area contributed by atoms with Gasteiger partial charge in [0.25, 0.3) is 5.91 Å². The van der Waals surface area contributed by atoms with Crippen molar-refractivity contribution in [1.82, 2.24) is 5.32 Å². The molecule has 5 heteroatoms. The Kier molecular flexibility index (Phi) is 4.82. The lowest BCUT2D eigenvalue weighted by atomic mass is 10.0. The third kappa shape index (κ3) is 4.23. The Morgan fingerprint density at radius 2 is 1.91 bits per heavy atom. The van der Waals surface area contributed by atoms with Gasteiger partial charge in [-0.1, -0.05) is 35.9 Å². The van der Waals surface area contributed by atoms with E-state index in [0.717, 1.165) is 18.4 Å². The van der Waals surface area contributed by atoms with Gasteiger partial charge in [0.2, 0.25) is 0 Å². The fourth-order valence-electron chi connectivity index (χ4n) is 2.49. The van der Waals surface area contributed by atoms with E-state index in [-0.39, 0.29) is 24.3 Å². The van der Waals surface area contributed by atoms with E-state index < -0.39 is 5.82 Å². The average molecular weight is 334 g/mol. The van der Waals surface area contributed by atoms with Crippen LogP contribution in [0.25, 0.3) is 0 Å². The lowest BCUT2D eigenvalue weighted by Crippen LogP contribution is -2.33. The number of benzene rings is 2. The van der Waals surface area contributed by atoms with Crippen LogP contribution in [0.2, 0.25) is 5.02 Å². The number of carbonyl (C=O) groups is 1. The minimum Gasteiger partial charge on any atom is -0.481 e. The zero-order valence-electron chi connectivity index (χ0n) is 12.5. The smallest absolute Gasteiger partial charge is 0.258 e. The summed E-state index contributed by atoms with van der Waals surface area (Å²) in [5.74, 6) is -0.220. The summed E-state index contributed by atoms with van der Waals surface area (Å²) in [6.45, 7) is -0.211. The summed E-state index contributed by atoms with van der Waals surface area (Å²) in [4.78, 5) is 12.1. The van der Waals surface area contributed by atoms with Crippen LogP contribution < -0.4 is 10.1 Å². The second-order valence-corrected chi connectivity index (χ2v) is 6.09. The molecule has 0 aromatic heterocycles. The number of ether oxygens (including phenoxy) is 1. The van der Waals surface area contributed by atoms with E-state index in [0.29, 0.717) is 10.9 Å². The van der Waals surface area contributed by atoms with Crippen molar-refractivity contribution in [1.29, 1.82) is 0 Å². The molecule has 2 aromatic rings. The highest BCUT2D eigenvalue weighted by molar-refractivity contribution is 6.30. The van der Waals surface area contributed by atoms with E-state index in [1.165, 1.54) is 12.1 Å². The zero-order chi connectivity index (χ0) is 16.2. The third-order valence-corrected chi connectivity index (χ3v) is 4.09. The van der Waals surface area contributed by atoms with Crippen molar-refractivity contribution < 1.29 is 13.9 Å². The molecule has 0 bridgehead atoms. The molecule has 23 heavy (non-hydrogen) atoms. The van der Waals surface area contributed by atoms with Gasteiger partial charge >= 0.3 is 0 Å². The summed E-state index contributed by atoms with van der Waals surface area (Å²) in [6.07, 6.45) is 2.17. The van der Waals surface area contributed by atoms with Gasteiger partial charge in [0.15, 0.2) is 18.2 Å². The monoisotopic (exact) mass is 333 g/mol. The molecule has 1 aliphatic carbocycles. The van der Waals surface area contributed by atoms with E-state index in [1.54, 1.807) is 12.1 Å². The van der Waals surface area contributed by atoms with Gasteiger partial charge in [0.05, 0.1) is 6.04 Å². The molecule has 0 heterocycles. The number of carbonyl (C=O) groups excluding carboxylic acids is 1. The topological polar surface area (TPSA) is 38.3 Å². The van der Waals surface area contributed by atoms with Gasteiger partial charge in [0.1, 0.15) is 0 Å². The molecule has 0 spiro atoms. The molecule has 2 aromatic carbocycles. The van der Waals surface area contributed by atoms with Gasteiger partial charge < -0.3 is 10.1 Å². The number of hydrogen-bond donors (Lipinski definition) is 1. The lowest BCUT2D eigenvalue weighted by Gasteiger charge is -2.19. The minimum atomic E-state index is -0.475. The number of para-hydroxylation sites is 1. The van der Waals surface area contributed by atoms with Crippen LogP contribution >= 0.6 is 11.6 Å². The molecular weight excluding hydrogens is 317 g/mol. The number of halogens is 2. The van der Waals surface area contributed by atoms with E-state index >= 15 is 0 Å². The van der Waals surface area contributed by atoms with Gasteiger partial charge in [-0.2, -0.15) is 0 Å². The first kappa shape index (κ1) is 15.8. The van der Waals surface area contributed by atoms with E-state index in [4.69, 9.17) is 16.3 Å². The fourth-order valence-corrected chi connectivity index (χ4v) is 2.62. The van der Waals surface area contributed by atoms with E-state index in [1.807, 2.05) is 24.3 Å². The van der Waals surface area contributed by atoms with Gasteiger partial charge in [-0.15, -0.1) is 0 Å². The van der Waals surface area contributed by atoms with Crippen LogP contribution in [0.15, 0.2) is 48.5 Å². The molecule has 3 nitrogen and oxygen atoms in total. The Morgan fingerprint density at radius 1 is 1.22 bits per heavy atom. The van der Waals surface area contributed by atoms with Gasteiger partial charge in [-0.3, -0.25) is 4.79 Å². The molecule has 0 unspecified atom stereocenters. The molecule has 1 atom stereocenters. The summed E-state index contributed by atoms with van der Waals surface area (Å²) in [5.41, 5.74) is 1.02. The van der Waals surface area contributed by atoms with E-state index in [2.05, 4.69) is 5.32 Å². The Hall–Kier alpha value is -2.07. The molecule has 0 saturated heterocycles. The van der Waals surface area contributed by atoms with Crippen molar-refractivity contribution in [2.24, 2.45) is 5.92 Å². The zero-order valence-corrected chi connectivity index (χ0v) is 13.2. The highest BCUT2D eigenvalue weighted by Crippen LogP contribution is 2.41. The van der Waals surface area contributed by atoms with E-state index in [9.17, 15) is 9.18 Å². The first-order valence-corrected chi connectivity index (χ1v) is 7.93. The second kappa shape index (κ2) is 7.01.